The van der Waals surface area contributed by atoms with Gasteiger partial charge in [0, 0.05) is 11.4 Å². The monoisotopic (exact) mass is 248 g/mol. The third-order valence-corrected chi connectivity index (χ3v) is 2.76. The maximum absolute atomic E-state index is 11.5. The Balaban J connectivity index is 2.12. The molecule has 2 amide bonds. The second-order valence-electron chi connectivity index (χ2n) is 4.15. The molecule has 2 rings (SSSR count). The molecule has 94 valence electrons. The van der Waals surface area contributed by atoms with Crippen molar-refractivity contribution in [3.8, 4) is 0 Å². The number of hydrogen-bond donors (Lipinski definition) is 3. The standard InChI is InChI=1S/C12H12N2O4/c1-6(12(17)18)11(16)13-8-2-3-9-7(4-8)5-10(15)14-9/h2-4,6H,5H2,1H3,(H,13,16)(H,14,15)(H,17,18). The summed E-state index contributed by atoms with van der Waals surface area (Å²) in [6, 6.07) is 4.97. The number of anilines is 2. The normalized spacial score (nSPS) is 14.6. The van der Waals surface area contributed by atoms with Gasteiger partial charge in [-0.3, -0.25) is 14.4 Å². The summed E-state index contributed by atoms with van der Waals surface area (Å²) in [6.07, 6.45) is 0.271. The number of carboxylic acids is 1. The third kappa shape index (κ3) is 2.32. The molecule has 1 aromatic rings. The van der Waals surface area contributed by atoms with Crippen LogP contribution < -0.4 is 10.6 Å². The number of aliphatic carboxylic acids is 1. The van der Waals surface area contributed by atoms with E-state index >= 15 is 0 Å². The first-order chi connectivity index (χ1) is 8.47. The van der Waals surface area contributed by atoms with Gasteiger partial charge < -0.3 is 15.7 Å². The summed E-state index contributed by atoms with van der Waals surface area (Å²) in [5.74, 6) is -2.96. The van der Waals surface area contributed by atoms with E-state index in [4.69, 9.17) is 5.11 Å². The zero-order valence-corrected chi connectivity index (χ0v) is 9.69. The fraction of sp³-hybridized carbons (Fsp3) is 0.250. The fourth-order valence-electron chi connectivity index (χ4n) is 1.67. The number of hydrogen-bond acceptors (Lipinski definition) is 3. The maximum Gasteiger partial charge on any atom is 0.315 e. The van der Waals surface area contributed by atoms with Gasteiger partial charge in [0.1, 0.15) is 5.92 Å². The van der Waals surface area contributed by atoms with Crippen molar-refractivity contribution in [3.63, 3.8) is 0 Å². The van der Waals surface area contributed by atoms with E-state index in [0.717, 1.165) is 11.3 Å². The highest BCUT2D eigenvalue weighted by molar-refractivity contribution is 6.04. The van der Waals surface area contributed by atoms with Gasteiger partial charge in [0.15, 0.2) is 0 Å². The Labute approximate surface area is 103 Å². The molecule has 1 heterocycles. The van der Waals surface area contributed by atoms with Gasteiger partial charge in [-0.05, 0) is 30.7 Å². The van der Waals surface area contributed by atoms with Crippen molar-refractivity contribution < 1.29 is 19.5 Å². The molecule has 1 atom stereocenters. The Morgan fingerprint density at radius 3 is 2.83 bits per heavy atom. The average molecular weight is 248 g/mol. The highest BCUT2D eigenvalue weighted by Crippen LogP contribution is 2.26. The minimum Gasteiger partial charge on any atom is -0.481 e. The Bertz CT molecular complexity index is 539. The molecule has 1 aliphatic rings. The summed E-state index contributed by atoms with van der Waals surface area (Å²) in [5.41, 5.74) is 2.01. The average Bonchev–Trinajstić information content (AvgIpc) is 2.67. The van der Waals surface area contributed by atoms with Crippen LogP contribution in [0.3, 0.4) is 0 Å². The summed E-state index contributed by atoms with van der Waals surface area (Å²) < 4.78 is 0. The second-order valence-corrected chi connectivity index (χ2v) is 4.15. The topological polar surface area (TPSA) is 95.5 Å². The van der Waals surface area contributed by atoms with Crippen molar-refractivity contribution >= 4 is 29.2 Å². The fourth-order valence-corrected chi connectivity index (χ4v) is 1.67. The van der Waals surface area contributed by atoms with Crippen LogP contribution in [0.4, 0.5) is 11.4 Å². The zero-order chi connectivity index (χ0) is 13.3. The van der Waals surface area contributed by atoms with Crippen LogP contribution in [0.25, 0.3) is 0 Å². The highest BCUT2D eigenvalue weighted by Gasteiger charge is 2.22. The molecule has 6 heteroatoms. The number of nitrogens with one attached hydrogen (secondary N) is 2. The number of carbonyl (C=O) groups is 3. The lowest BCUT2D eigenvalue weighted by molar-refractivity contribution is -0.144. The number of amides is 2. The van der Waals surface area contributed by atoms with Crippen LogP contribution in [0.15, 0.2) is 18.2 Å². The Kier molecular flexibility index (Phi) is 3.01. The summed E-state index contributed by atoms with van der Waals surface area (Å²) in [6.45, 7) is 1.32. The van der Waals surface area contributed by atoms with Gasteiger partial charge in [-0.15, -0.1) is 0 Å². The number of rotatable bonds is 3. The molecule has 6 nitrogen and oxygen atoms in total. The molecule has 1 unspecified atom stereocenters. The largest absolute Gasteiger partial charge is 0.481 e. The van der Waals surface area contributed by atoms with Gasteiger partial charge >= 0.3 is 5.97 Å². The van der Waals surface area contributed by atoms with E-state index in [1.165, 1.54) is 6.92 Å². The molecule has 0 saturated carbocycles. The van der Waals surface area contributed by atoms with E-state index in [0.29, 0.717) is 5.69 Å². The van der Waals surface area contributed by atoms with Crippen molar-refractivity contribution in [3.05, 3.63) is 23.8 Å². The highest BCUT2D eigenvalue weighted by atomic mass is 16.4. The van der Waals surface area contributed by atoms with Gasteiger partial charge in [0.25, 0.3) is 0 Å². The van der Waals surface area contributed by atoms with Crippen LogP contribution in [0.1, 0.15) is 12.5 Å². The van der Waals surface area contributed by atoms with Gasteiger partial charge in [-0.2, -0.15) is 0 Å². The molecule has 0 saturated heterocycles. The van der Waals surface area contributed by atoms with Crippen molar-refractivity contribution in [2.45, 2.75) is 13.3 Å². The lowest BCUT2D eigenvalue weighted by Gasteiger charge is -2.09. The minimum absolute atomic E-state index is 0.0904. The van der Waals surface area contributed by atoms with E-state index < -0.39 is 17.8 Å². The Morgan fingerprint density at radius 1 is 1.44 bits per heavy atom. The zero-order valence-electron chi connectivity index (χ0n) is 9.69. The van der Waals surface area contributed by atoms with E-state index in [9.17, 15) is 14.4 Å². The second kappa shape index (κ2) is 4.48. The first kappa shape index (κ1) is 12.1. The first-order valence-corrected chi connectivity index (χ1v) is 5.44. The first-order valence-electron chi connectivity index (χ1n) is 5.44. The molecular formula is C12H12N2O4. The molecule has 0 radical (unpaired) electrons. The summed E-state index contributed by atoms with van der Waals surface area (Å²) in [4.78, 5) is 33.3. The van der Waals surface area contributed by atoms with Crippen LogP contribution in [0.5, 0.6) is 0 Å². The molecule has 0 fully saturated rings. The van der Waals surface area contributed by atoms with Crippen molar-refractivity contribution in [1.82, 2.24) is 0 Å². The van der Waals surface area contributed by atoms with Gasteiger partial charge in [0.2, 0.25) is 11.8 Å². The minimum atomic E-state index is -1.18. The molecule has 0 aliphatic carbocycles. The number of carbonyl (C=O) groups excluding carboxylic acids is 2. The van der Waals surface area contributed by atoms with Crippen molar-refractivity contribution in [2.75, 3.05) is 10.6 Å². The van der Waals surface area contributed by atoms with Crippen LogP contribution in [0, 0.1) is 5.92 Å². The lowest BCUT2D eigenvalue weighted by Crippen LogP contribution is -2.26. The predicted molar refractivity (Wildman–Crippen MR) is 64.2 cm³/mol. The SMILES string of the molecule is CC(C(=O)O)C(=O)Nc1ccc2c(c1)CC(=O)N2. The van der Waals surface area contributed by atoms with Gasteiger partial charge in [-0.1, -0.05) is 0 Å². The quantitative estimate of drug-likeness (QED) is 0.691. The number of carboxylic acid groups (broad SMARTS) is 1. The van der Waals surface area contributed by atoms with Crippen molar-refractivity contribution in [1.29, 1.82) is 0 Å². The van der Waals surface area contributed by atoms with Crippen LogP contribution >= 0.6 is 0 Å². The molecule has 0 spiro atoms. The van der Waals surface area contributed by atoms with E-state index in [2.05, 4.69) is 10.6 Å². The Hall–Kier alpha value is -2.37. The predicted octanol–water partition coefficient (Wildman–Crippen LogP) is 0.840. The molecule has 3 N–H and O–H groups in total. The summed E-state index contributed by atoms with van der Waals surface area (Å²) in [7, 11) is 0. The van der Waals surface area contributed by atoms with Crippen LogP contribution in [0.2, 0.25) is 0 Å². The lowest BCUT2D eigenvalue weighted by atomic mass is 10.1. The van der Waals surface area contributed by atoms with E-state index in [1.807, 2.05) is 0 Å². The molecule has 1 aliphatic heterocycles. The molecule has 18 heavy (non-hydrogen) atoms. The third-order valence-electron chi connectivity index (χ3n) is 2.76. The summed E-state index contributed by atoms with van der Waals surface area (Å²) >= 11 is 0. The van der Waals surface area contributed by atoms with E-state index in [1.54, 1.807) is 18.2 Å². The van der Waals surface area contributed by atoms with Gasteiger partial charge in [-0.25, -0.2) is 0 Å². The van der Waals surface area contributed by atoms with Gasteiger partial charge in [0.05, 0.1) is 6.42 Å². The van der Waals surface area contributed by atoms with E-state index in [-0.39, 0.29) is 12.3 Å². The molecule has 1 aromatic carbocycles. The summed E-state index contributed by atoms with van der Waals surface area (Å²) in [5, 5.41) is 13.9. The molecule has 0 bridgehead atoms. The van der Waals surface area contributed by atoms with Crippen LogP contribution in [-0.2, 0) is 20.8 Å². The van der Waals surface area contributed by atoms with Crippen LogP contribution in [-0.4, -0.2) is 22.9 Å². The number of fused-ring (bicyclic) bond motifs is 1. The maximum atomic E-state index is 11.5. The van der Waals surface area contributed by atoms with Crippen molar-refractivity contribution in [2.24, 2.45) is 5.92 Å². The molecular weight excluding hydrogens is 236 g/mol. The molecule has 0 aromatic heterocycles. The number of benzene rings is 1. The Morgan fingerprint density at radius 2 is 2.17 bits per heavy atom. The smallest absolute Gasteiger partial charge is 0.315 e.